The van der Waals surface area contributed by atoms with Gasteiger partial charge in [-0.25, -0.2) is 13.4 Å². The maximum absolute atomic E-state index is 13.0. The maximum Gasteiger partial charge on any atom is 0.243 e. The number of imidazole rings is 1. The molecule has 174 valence electrons. The molecule has 0 saturated carbocycles. The van der Waals surface area contributed by atoms with E-state index < -0.39 is 10.0 Å². The molecular weight excluding hydrogens is 454 g/mol. The van der Waals surface area contributed by atoms with E-state index in [0.717, 1.165) is 22.2 Å². The first kappa shape index (κ1) is 23.6. The van der Waals surface area contributed by atoms with Gasteiger partial charge in [0, 0.05) is 18.8 Å². The van der Waals surface area contributed by atoms with Crippen molar-refractivity contribution in [2.45, 2.75) is 50.0 Å². The van der Waals surface area contributed by atoms with Gasteiger partial charge in [0.2, 0.25) is 10.0 Å². The lowest BCUT2D eigenvalue weighted by molar-refractivity contribution is 0.445. The first-order chi connectivity index (χ1) is 15.8. The Hall–Kier alpha value is -2.55. The zero-order chi connectivity index (χ0) is 23.6. The predicted molar refractivity (Wildman–Crippen MR) is 133 cm³/mol. The van der Waals surface area contributed by atoms with E-state index in [1.165, 1.54) is 21.0 Å². The molecule has 0 unspecified atom stereocenters. The van der Waals surface area contributed by atoms with Crippen LogP contribution in [0.4, 0.5) is 0 Å². The minimum atomic E-state index is -3.55. The Bertz CT molecular complexity index is 1360. The fraction of sp³-hybridized carbons (Fsp3) is 0.320. The summed E-state index contributed by atoms with van der Waals surface area (Å²) in [4.78, 5) is 5.12. The number of aryl methyl sites for hydroxylation is 2. The molecule has 0 spiro atoms. The number of furan rings is 1. The molecule has 6 nitrogen and oxygen atoms in total. The molecule has 0 bridgehead atoms. The van der Waals surface area contributed by atoms with Crippen molar-refractivity contribution in [2.24, 2.45) is 0 Å². The molecule has 0 aliphatic heterocycles. The van der Waals surface area contributed by atoms with Crippen molar-refractivity contribution in [3.63, 3.8) is 0 Å². The summed E-state index contributed by atoms with van der Waals surface area (Å²) in [6.07, 6.45) is 1.66. The Morgan fingerprint density at radius 1 is 1.06 bits per heavy atom. The minimum Gasteiger partial charge on any atom is -0.467 e. The first-order valence-corrected chi connectivity index (χ1v) is 13.5. The third kappa shape index (κ3) is 4.88. The predicted octanol–water partition coefficient (Wildman–Crippen LogP) is 5.62. The van der Waals surface area contributed by atoms with Crippen LogP contribution < -0.4 is 0 Å². The Balaban J connectivity index is 1.74. The van der Waals surface area contributed by atoms with Gasteiger partial charge in [0.05, 0.1) is 28.7 Å². The molecule has 0 amide bonds. The third-order valence-electron chi connectivity index (χ3n) is 5.78. The van der Waals surface area contributed by atoms with Crippen molar-refractivity contribution in [3.05, 3.63) is 77.2 Å². The molecular formula is C25H29N3O3S2. The standard InChI is InChI=1S/C25H29N3O3S2/c1-5-27(6-2)33(29,30)22-11-12-24-23(15-22)26-25(28(24)16-21-8-7-13-31-21)32-17-20-14-18(3)9-10-19(20)4/h7-15H,5-6,16-17H2,1-4H3. The lowest BCUT2D eigenvalue weighted by Crippen LogP contribution is -2.30. The number of rotatable bonds is 9. The van der Waals surface area contributed by atoms with Crippen molar-refractivity contribution in [1.29, 1.82) is 0 Å². The molecule has 0 aliphatic carbocycles. The van der Waals surface area contributed by atoms with Crippen LogP contribution in [-0.2, 0) is 22.3 Å². The number of nitrogens with zero attached hydrogens (tertiary/aromatic N) is 3. The van der Waals surface area contributed by atoms with Gasteiger partial charge in [0.15, 0.2) is 5.16 Å². The van der Waals surface area contributed by atoms with Crippen LogP contribution in [0, 0.1) is 13.8 Å². The topological polar surface area (TPSA) is 68.3 Å². The summed E-state index contributed by atoms with van der Waals surface area (Å²) in [5.74, 6) is 1.60. The molecule has 2 aromatic carbocycles. The van der Waals surface area contributed by atoms with E-state index in [-0.39, 0.29) is 4.90 Å². The van der Waals surface area contributed by atoms with Crippen LogP contribution in [0.5, 0.6) is 0 Å². The van der Waals surface area contributed by atoms with Gasteiger partial charge in [-0.2, -0.15) is 4.31 Å². The van der Waals surface area contributed by atoms with Crippen LogP contribution in [0.1, 0.15) is 36.3 Å². The lowest BCUT2D eigenvalue weighted by atomic mass is 10.1. The van der Waals surface area contributed by atoms with Crippen molar-refractivity contribution in [2.75, 3.05) is 13.1 Å². The van der Waals surface area contributed by atoms with Gasteiger partial charge in [0.25, 0.3) is 0 Å². The highest BCUT2D eigenvalue weighted by Crippen LogP contribution is 2.30. The monoisotopic (exact) mass is 483 g/mol. The van der Waals surface area contributed by atoms with E-state index in [0.29, 0.717) is 25.2 Å². The molecule has 2 heterocycles. The van der Waals surface area contributed by atoms with Gasteiger partial charge in [-0.15, -0.1) is 0 Å². The zero-order valence-corrected chi connectivity index (χ0v) is 21.0. The molecule has 8 heteroatoms. The van der Waals surface area contributed by atoms with E-state index in [1.807, 2.05) is 32.0 Å². The van der Waals surface area contributed by atoms with Crippen LogP contribution in [0.3, 0.4) is 0 Å². The van der Waals surface area contributed by atoms with E-state index in [2.05, 4.69) is 36.6 Å². The lowest BCUT2D eigenvalue weighted by Gasteiger charge is -2.18. The average molecular weight is 484 g/mol. The van der Waals surface area contributed by atoms with Crippen LogP contribution in [0.25, 0.3) is 11.0 Å². The van der Waals surface area contributed by atoms with Crippen molar-refractivity contribution in [1.82, 2.24) is 13.9 Å². The number of sulfonamides is 1. The molecule has 0 N–H and O–H groups in total. The van der Waals surface area contributed by atoms with Gasteiger partial charge in [-0.3, -0.25) is 0 Å². The Labute approximate surface area is 199 Å². The van der Waals surface area contributed by atoms with Gasteiger partial charge in [0.1, 0.15) is 5.76 Å². The summed E-state index contributed by atoms with van der Waals surface area (Å²) in [6, 6.07) is 15.5. The number of hydrogen-bond donors (Lipinski definition) is 0. The maximum atomic E-state index is 13.0. The number of benzene rings is 2. The molecule has 0 radical (unpaired) electrons. The van der Waals surface area contributed by atoms with Crippen molar-refractivity contribution >= 4 is 32.8 Å². The van der Waals surface area contributed by atoms with Crippen LogP contribution in [-0.4, -0.2) is 35.4 Å². The van der Waals surface area contributed by atoms with Crippen LogP contribution in [0.2, 0.25) is 0 Å². The second-order valence-corrected chi connectivity index (χ2v) is 10.9. The smallest absolute Gasteiger partial charge is 0.243 e. The van der Waals surface area contributed by atoms with Crippen molar-refractivity contribution in [3.8, 4) is 0 Å². The molecule has 0 aliphatic rings. The first-order valence-electron chi connectivity index (χ1n) is 11.0. The van der Waals surface area contributed by atoms with Crippen LogP contribution >= 0.6 is 11.8 Å². The van der Waals surface area contributed by atoms with E-state index in [4.69, 9.17) is 9.40 Å². The number of thioether (sulfide) groups is 1. The summed E-state index contributed by atoms with van der Waals surface area (Å²) >= 11 is 1.65. The Kier molecular flexibility index (Phi) is 6.97. The highest BCUT2D eigenvalue weighted by atomic mass is 32.2. The second-order valence-electron chi connectivity index (χ2n) is 8.02. The molecule has 0 atom stereocenters. The molecule has 33 heavy (non-hydrogen) atoms. The number of hydrogen-bond acceptors (Lipinski definition) is 5. The Morgan fingerprint density at radius 2 is 1.85 bits per heavy atom. The summed E-state index contributed by atoms with van der Waals surface area (Å²) in [6.45, 7) is 9.30. The summed E-state index contributed by atoms with van der Waals surface area (Å²) < 4.78 is 35.2. The quantitative estimate of drug-likeness (QED) is 0.289. The molecule has 4 rings (SSSR count). The average Bonchev–Trinajstić information content (AvgIpc) is 3.43. The number of fused-ring (bicyclic) bond motifs is 1. The summed E-state index contributed by atoms with van der Waals surface area (Å²) in [5.41, 5.74) is 5.29. The Morgan fingerprint density at radius 3 is 2.55 bits per heavy atom. The zero-order valence-electron chi connectivity index (χ0n) is 19.4. The van der Waals surface area contributed by atoms with Crippen molar-refractivity contribution < 1.29 is 12.8 Å². The fourth-order valence-corrected chi connectivity index (χ4v) is 6.44. The van der Waals surface area contributed by atoms with E-state index in [9.17, 15) is 8.42 Å². The van der Waals surface area contributed by atoms with Gasteiger partial charge in [-0.1, -0.05) is 49.4 Å². The molecule has 4 aromatic rings. The van der Waals surface area contributed by atoms with Gasteiger partial charge >= 0.3 is 0 Å². The molecule has 2 aromatic heterocycles. The van der Waals surface area contributed by atoms with Gasteiger partial charge in [-0.05, 0) is 55.3 Å². The minimum absolute atomic E-state index is 0.271. The van der Waals surface area contributed by atoms with Crippen LogP contribution in [0.15, 0.2) is 69.3 Å². The number of aromatic nitrogens is 2. The normalized spacial score (nSPS) is 12.2. The molecule has 0 fully saturated rings. The fourth-order valence-electron chi connectivity index (χ4n) is 3.88. The summed E-state index contributed by atoms with van der Waals surface area (Å²) in [7, 11) is -3.55. The highest BCUT2D eigenvalue weighted by Gasteiger charge is 2.23. The third-order valence-corrected chi connectivity index (χ3v) is 8.85. The SMILES string of the molecule is CCN(CC)S(=O)(=O)c1ccc2c(c1)nc(SCc1cc(C)ccc1C)n2Cc1ccco1. The largest absolute Gasteiger partial charge is 0.467 e. The van der Waals surface area contributed by atoms with E-state index in [1.54, 1.807) is 30.2 Å². The second kappa shape index (κ2) is 9.75. The van der Waals surface area contributed by atoms with E-state index >= 15 is 0 Å². The molecule has 0 saturated heterocycles. The summed E-state index contributed by atoms with van der Waals surface area (Å²) in [5, 5.41) is 0.833. The highest BCUT2D eigenvalue weighted by molar-refractivity contribution is 7.98. The van der Waals surface area contributed by atoms with Gasteiger partial charge < -0.3 is 8.98 Å².